The molecule has 0 radical (unpaired) electrons. The van der Waals surface area contributed by atoms with Crippen LogP contribution in [0.4, 0.5) is 0 Å². The van der Waals surface area contributed by atoms with Crippen LogP contribution < -0.4 is 5.32 Å². The van der Waals surface area contributed by atoms with E-state index in [1.807, 2.05) is 25.3 Å². The number of carbonyl (C=O) groups is 1. The number of carbonyl (C=O) groups excluding carboxylic acids is 1. The highest BCUT2D eigenvalue weighted by molar-refractivity contribution is 5.92. The Balaban J connectivity index is 1.37. The van der Waals surface area contributed by atoms with Gasteiger partial charge in [-0.15, -0.1) is 0 Å². The molecule has 1 aliphatic heterocycles. The summed E-state index contributed by atoms with van der Waals surface area (Å²) in [6, 6.07) is 14.5. The SMILES string of the molecule is CO[C@]12CC[C@@H](NC(=O)C=Cc3cccc(O)c3)C[C@]1(c1cccc(O)c1)CCN(CC1CC1)C2. The van der Waals surface area contributed by atoms with Gasteiger partial charge in [-0.25, -0.2) is 0 Å². The van der Waals surface area contributed by atoms with Crippen molar-refractivity contribution >= 4 is 12.0 Å². The van der Waals surface area contributed by atoms with Crippen molar-refractivity contribution in [3.05, 3.63) is 65.7 Å². The number of amides is 1. The Hall–Kier alpha value is -2.83. The molecule has 0 unspecified atom stereocenters. The molecular weight excluding hydrogens is 440 g/mol. The Morgan fingerprint density at radius 1 is 1.11 bits per heavy atom. The molecule has 2 saturated carbocycles. The molecule has 1 saturated heterocycles. The highest BCUT2D eigenvalue weighted by Gasteiger charge is 2.59. The van der Waals surface area contributed by atoms with E-state index in [-0.39, 0.29) is 34.5 Å². The van der Waals surface area contributed by atoms with Gasteiger partial charge in [0.1, 0.15) is 11.5 Å². The first-order valence-electron chi connectivity index (χ1n) is 12.8. The number of likely N-dealkylation sites (tertiary alicyclic amines) is 1. The Bertz CT molecular complexity index is 1100. The van der Waals surface area contributed by atoms with Gasteiger partial charge in [-0.2, -0.15) is 0 Å². The van der Waals surface area contributed by atoms with Gasteiger partial charge in [-0.05, 0) is 92.5 Å². The number of nitrogens with zero attached hydrogens (tertiary/aromatic N) is 1. The number of aromatic hydroxyl groups is 2. The normalized spacial score (nSPS) is 29.1. The second-order valence-electron chi connectivity index (χ2n) is 10.6. The number of benzene rings is 2. The lowest BCUT2D eigenvalue weighted by Gasteiger charge is -2.60. The van der Waals surface area contributed by atoms with E-state index in [1.165, 1.54) is 18.9 Å². The second-order valence-corrected chi connectivity index (χ2v) is 10.6. The van der Waals surface area contributed by atoms with E-state index in [2.05, 4.69) is 16.3 Å². The third-order valence-electron chi connectivity index (χ3n) is 8.34. The molecule has 0 bridgehead atoms. The number of rotatable bonds is 7. The van der Waals surface area contributed by atoms with Crippen LogP contribution in [0, 0.1) is 5.92 Å². The summed E-state index contributed by atoms with van der Waals surface area (Å²) in [5.41, 5.74) is 1.24. The summed E-state index contributed by atoms with van der Waals surface area (Å²) in [6.07, 6.45) is 9.32. The zero-order valence-corrected chi connectivity index (χ0v) is 20.5. The molecule has 3 aliphatic rings. The molecule has 1 amide bonds. The van der Waals surface area contributed by atoms with E-state index in [0.29, 0.717) is 0 Å². The van der Waals surface area contributed by atoms with E-state index in [0.717, 1.165) is 62.4 Å². The largest absolute Gasteiger partial charge is 0.508 e. The third kappa shape index (κ3) is 4.95. The number of ether oxygens (including phenoxy) is 1. The van der Waals surface area contributed by atoms with Gasteiger partial charge in [0.05, 0.1) is 5.60 Å². The summed E-state index contributed by atoms with van der Waals surface area (Å²) in [6.45, 7) is 3.02. The van der Waals surface area contributed by atoms with Gasteiger partial charge in [0.2, 0.25) is 5.91 Å². The van der Waals surface area contributed by atoms with E-state index >= 15 is 0 Å². The molecule has 0 spiro atoms. The first-order chi connectivity index (χ1) is 16.9. The maximum Gasteiger partial charge on any atom is 0.244 e. The number of nitrogens with one attached hydrogen (secondary N) is 1. The Morgan fingerprint density at radius 2 is 1.89 bits per heavy atom. The summed E-state index contributed by atoms with van der Waals surface area (Å²) in [5.74, 6) is 1.13. The molecule has 3 atom stereocenters. The van der Waals surface area contributed by atoms with Crippen molar-refractivity contribution in [2.75, 3.05) is 26.7 Å². The Labute approximate surface area is 207 Å². The van der Waals surface area contributed by atoms with Crippen molar-refractivity contribution in [3.63, 3.8) is 0 Å². The fraction of sp³-hybridized carbons (Fsp3) is 0.483. The van der Waals surface area contributed by atoms with Crippen LogP contribution in [0.2, 0.25) is 0 Å². The lowest BCUT2D eigenvalue weighted by Crippen LogP contribution is -2.68. The summed E-state index contributed by atoms with van der Waals surface area (Å²) < 4.78 is 6.41. The molecule has 3 N–H and O–H groups in total. The zero-order valence-electron chi connectivity index (χ0n) is 20.5. The van der Waals surface area contributed by atoms with Crippen molar-refractivity contribution in [1.82, 2.24) is 10.2 Å². The highest BCUT2D eigenvalue weighted by atomic mass is 16.5. The van der Waals surface area contributed by atoms with Crippen molar-refractivity contribution in [2.45, 2.75) is 55.6 Å². The predicted octanol–water partition coefficient (Wildman–Crippen LogP) is 4.22. The van der Waals surface area contributed by atoms with Crippen molar-refractivity contribution in [3.8, 4) is 11.5 Å². The Morgan fingerprint density at radius 3 is 2.60 bits per heavy atom. The standard InChI is InChI=1S/C29H36N2O4/c1-35-29-13-12-24(30-27(34)11-10-21-4-2-6-25(32)16-21)18-28(29,23-5-3-7-26(33)17-23)14-15-31(20-29)19-22-8-9-22/h2-7,10-11,16-17,22,24,32-33H,8-9,12-15,18-20H2,1H3,(H,30,34)/t24-,28+,29+/m1/s1. The molecule has 5 rings (SSSR count). The molecule has 35 heavy (non-hydrogen) atoms. The van der Waals surface area contributed by atoms with Gasteiger partial charge >= 0.3 is 0 Å². The van der Waals surface area contributed by atoms with Crippen LogP contribution in [-0.4, -0.2) is 59.4 Å². The van der Waals surface area contributed by atoms with Crippen LogP contribution >= 0.6 is 0 Å². The van der Waals surface area contributed by atoms with Gasteiger partial charge in [0.15, 0.2) is 0 Å². The van der Waals surface area contributed by atoms with E-state index in [4.69, 9.17) is 4.74 Å². The maximum absolute atomic E-state index is 12.8. The average Bonchev–Trinajstić information content (AvgIpc) is 3.67. The van der Waals surface area contributed by atoms with E-state index in [1.54, 1.807) is 30.3 Å². The fourth-order valence-corrected chi connectivity index (χ4v) is 6.39. The number of phenolic OH excluding ortho intramolecular Hbond substituents is 2. The minimum absolute atomic E-state index is 0.0110. The average molecular weight is 477 g/mol. The number of fused-ring (bicyclic) bond motifs is 1. The Kier molecular flexibility index (Phi) is 6.60. The van der Waals surface area contributed by atoms with Gasteiger partial charge in [0, 0.05) is 37.7 Å². The van der Waals surface area contributed by atoms with Gasteiger partial charge in [-0.3, -0.25) is 4.79 Å². The third-order valence-corrected chi connectivity index (χ3v) is 8.34. The van der Waals surface area contributed by atoms with Crippen molar-refractivity contribution in [1.29, 1.82) is 0 Å². The minimum Gasteiger partial charge on any atom is -0.508 e. The van der Waals surface area contributed by atoms with Crippen molar-refractivity contribution < 1.29 is 19.7 Å². The molecular formula is C29H36N2O4. The van der Waals surface area contributed by atoms with Crippen LogP contribution in [0.15, 0.2) is 54.6 Å². The first kappa shape index (κ1) is 23.9. The molecule has 3 fully saturated rings. The lowest BCUT2D eigenvalue weighted by atomic mass is 9.55. The number of hydrogen-bond acceptors (Lipinski definition) is 5. The summed E-state index contributed by atoms with van der Waals surface area (Å²) in [5, 5.41) is 23.2. The van der Waals surface area contributed by atoms with Crippen LogP contribution in [0.1, 0.15) is 49.7 Å². The second kappa shape index (κ2) is 9.67. The van der Waals surface area contributed by atoms with Crippen LogP contribution in [0.25, 0.3) is 6.08 Å². The van der Waals surface area contributed by atoms with Gasteiger partial charge in [0.25, 0.3) is 0 Å². The predicted molar refractivity (Wildman–Crippen MR) is 136 cm³/mol. The van der Waals surface area contributed by atoms with Crippen LogP contribution in [0.5, 0.6) is 11.5 Å². The molecule has 2 aromatic rings. The monoisotopic (exact) mass is 476 g/mol. The van der Waals surface area contributed by atoms with Gasteiger partial charge < -0.3 is 25.2 Å². The van der Waals surface area contributed by atoms with Crippen LogP contribution in [0.3, 0.4) is 0 Å². The minimum atomic E-state index is -0.355. The number of phenols is 2. The number of piperidine rings is 1. The van der Waals surface area contributed by atoms with Gasteiger partial charge in [-0.1, -0.05) is 24.3 Å². The topological polar surface area (TPSA) is 82.0 Å². The fourth-order valence-electron chi connectivity index (χ4n) is 6.39. The quantitative estimate of drug-likeness (QED) is 0.522. The summed E-state index contributed by atoms with van der Waals surface area (Å²) in [4.78, 5) is 15.4. The van der Waals surface area contributed by atoms with E-state index < -0.39 is 0 Å². The lowest BCUT2D eigenvalue weighted by molar-refractivity contribution is -0.150. The molecule has 186 valence electrons. The smallest absolute Gasteiger partial charge is 0.244 e. The summed E-state index contributed by atoms with van der Waals surface area (Å²) in [7, 11) is 1.83. The molecule has 0 aromatic heterocycles. The van der Waals surface area contributed by atoms with E-state index in [9.17, 15) is 15.0 Å². The molecule has 1 heterocycles. The number of methoxy groups -OCH3 is 1. The molecule has 2 aliphatic carbocycles. The zero-order chi connectivity index (χ0) is 24.5. The number of hydrogen-bond donors (Lipinski definition) is 3. The molecule has 6 heteroatoms. The highest BCUT2D eigenvalue weighted by Crippen LogP contribution is 2.54. The molecule has 6 nitrogen and oxygen atoms in total. The first-order valence-corrected chi connectivity index (χ1v) is 12.8. The summed E-state index contributed by atoms with van der Waals surface area (Å²) >= 11 is 0. The van der Waals surface area contributed by atoms with Crippen molar-refractivity contribution in [2.24, 2.45) is 5.92 Å². The van der Waals surface area contributed by atoms with Crippen LogP contribution in [-0.2, 0) is 14.9 Å². The maximum atomic E-state index is 12.8. The molecule has 2 aromatic carbocycles.